The lowest BCUT2D eigenvalue weighted by Crippen LogP contribution is -2.58. The number of benzene rings is 1. The summed E-state index contributed by atoms with van der Waals surface area (Å²) < 4.78 is 0. The largest absolute Gasteiger partial charge is 0.343 e. The maximum absolute atomic E-state index is 14.2. The van der Waals surface area contributed by atoms with Crippen molar-refractivity contribution in [1.82, 2.24) is 20.0 Å². The van der Waals surface area contributed by atoms with Crippen molar-refractivity contribution >= 4 is 23.6 Å². The van der Waals surface area contributed by atoms with Crippen LogP contribution in [0.5, 0.6) is 0 Å². The van der Waals surface area contributed by atoms with Crippen LogP contribution in [0.15, 0.2) is 59.8 Å². The molecule has 1 saturated carbocycles. The van der Waals surface area contributed by atoms with E-state index in [0.29, 0.717) is 32.6 Å². The SMILES string of the molecule is CCC(N)C(=O)NC(C(=O)N1CCCC1CN(CCc1ccccc1)C(=O)C1CN2C=CC=CC2=N1)C1CCCCC1. The van der Waals surface area contributed by atoms with Crippen LogP contribution in [0.2, 0.25) is 0 Å². The maximum atomic E-state index is 14.2. The highest BCUT2D eigenvalue weighted by molar-refractivity contribution is 5.99. The minimum Gasteiger partial charge on any atom is -0.343 e. The Morgan fingerprint density at radius 3 is 2.60 bits per heavy atom. The van der Waals surface area contributed by atoms with Crippen molar-refractivity contribution in [3.8, 4) is 0 Å². The molecule has 4 aliphatic rings. The number of nitrogens with two attached hydrogens (primary N) is 1. The van der Waals surface area contributed by atoms with Gasteiger partial charge in [-0.3, -0.25) is 19.4 Å². The fourth-order valence-electron chi connectivity index (χ4n) is 6.71. The number of aliphatic imine (C=N–C) groups is 1. The molecular formula is C33H46N6O3. The average molecular weight is 575 g/mol. The third-order valence-electron chi connectivity index (χ3n) is 9.24. The van der Waals surface area contributed by atoms with E-state index in [1.165, 1.54) is 12.0 Å². The van der Waals surface area contributed by atoms with E-state index in [-0.39, 0.29) is 29.7 Å². The van der Waals surface area contributed by atoms with Crippen molar-refractivity contribution in [3.05, 3.63) is 60.3 Å². The van der Waals surface area contributed by atoms with Crippen LogP contribution in [0.3, 0.4) is 0 Å². The monoisotopic (exact) mass is 574 g/mol. The molecule has 3 heterocycles. The fourth-order valence-corrected chi connectivity index (χ4v) is 6.71. The number of hydrogen-bond donors (Lipinski definition) is 2. The minimum absolute atomic E-state index is 0.0000160. The summed E-state index contributed by atoms with van der Waals surface area (Å²) in [4.78, 5) is 51.7. The van der Waals surface area contributed by atoms with E-state index >= 15 is 0 Å². The van der Waals surface area contributed by atoms with Gasteiger partial charge in [0.05, 0.1) is 12.6 Å². The van der Waals surface area contributed by atoms with Gasteiger partial charge in [-0.25, -0.2) is 0 Å². The van der Waals surface area contributed by atoms with Crippen LogP contribution in [0.4, 0.5) is 0 Å². The predicted molar refractivity (Wildman–Crippen MR) is 164 cm³/mol. The van der Waals surface area contributed by atoms with Crippen LogP contribution in [0, 0.1) is 5.92 Å². The molecule has 0 aromatic heterocycles. The van der Waals surface area contributed by atoms with Gasteiger partial charge >= 0.3 is 0 Å². The minimum atomic E-state index is -0.624. The van der Waals surface area contributed by atoms with Crippen molar-refractivity contribution in [2.45, 2.75) is 88.9 Å². The van der Waals surface area contributed by atoms with E-state index in [4.69, 9.17) is 10.7 Å². The van der Waals surface area contributed by atoms with Gasteiger partial charge in [0.15, 0.2) is 0 Å². The Morgan fingerprint density at radius 1 is 1.07 bits per heavy atom. The molecule has 226 valence electrons. The zero-order chi connectivity index (χ0) is 29.5. The Bertz CT molecular complexity index is 1190. The molecule has 3 aliphatic heterocycles. The van der Waals surface area contributed by atoms with Crippen molar-refractivity contribution in [2.75, 3.05) is 26.2 Å². The van der Waals surface area contributed by atoms with E-state index < -0.39 is 18.1 Å². The second-order valence-electron chi connectivity index (χ2n) is 12.1. The summed E-state index contributed by atoms with van der Waals surface area (Å²) >= 11 is 0. The summed E-state index contributed by atoms with van der Waals surface area (Å²) in [5.74, 6) is 0.652. The Labute approximate surface area is 249 Å². The normalized spacial score (nSPS) is 23.3. The average Bonchev–Trinajstić information content (AvgIpc) is 3.69. The molecule has 9 heteroatoms. The molecule has 4 unspecified atom stereocenters. The zero-order valence-electron chi connectivity index (χ0n) is 24.9. The molecule has 1 saturated heterocycles. The number of nitrogens with one attached hydrogen (secondary N) is 1. The molecule has 1 aliphatic carbocycles. The van der Waals surface area contributed by atoms with Crippen molar-refractivity contribution < 1.29 is 14.4 Å². The second kappa shape index (κ2) is 14.1. The van der Waals surface area contributed by atoms with E-state index in [1.54, 1.807) is 0 Å². The van der Waals surface area contributed by atoms with Gasteiger partial charge in [-0.05, 0) is 62.2 Å². The molecule has 0 radical (unpaired) electrons. The lowest BCUT2D eigenvalue weighted by Gasteiger charge is -2.37. The van der Waals surface area contributed by atoms with Gasteiger partial charge in [0.2, 0.25) is 17.7 Å². The Kier molecular flexibility index (Phi) is 10.1. The zero-order valence-corrected chi connectivity index (χ0v) is 24.9. The second-order valence-corrected chi connectivity index (χ2v) is 12.1. The van der Waals surface area contributed by atoms with Gasteiger partial charge in [-0.2, -0.15) is 0 Å². The predicted octanol–water partition coefficient (Wildman–Crippen LogP) is 3.02. The molecular weight excluding hydrogens is 528 g/mol. The number of allylic oxidation sites excluding steroid dienone is 2. The van der Waals surface area contributed by atoms with Crippen molar-refractivity contribution in [1.29, 1.82) is 0 Å². The first-order chi connectivity index (χ1) is 20.4. The highest BCUT2D eigenvalue weighted by Crippen LogP contribution is 2.30. The van der Waals surface area contributed by atoms with E-state index in [9.17, 15) is 14.4 Å². The number of hydrogen-bond acceptors (Lipinski definition) is 6. The quantitative estimate of drug-likeness (QED) is 0.422. The maximum Gasteiger partial charge on any atom is 0.249 e. The lowest BCUT2D eigenvalue weighted by molar-refractivity contribution is -0.141. The molecule has 1 aromatic rings. The van der Waals surface area contributed by atoms with Crippen LogP contribution in [0.1, 0.15) is 63.9 Å². The third-order valence-corrected chi connectivity index (χ3v) is 9.24. The molecule has 4 atom stereocenters. The van der Waals surface area contributed by atoms with E-state index in [2.05, 4.69) is 17.4 Å². The van der Waals surface area contributed by atoms with Crippen LogP contribution in [-0.2, 0) is 20.8 Å². The lowest BCUT2D eigenvalue weighted by atomic mass is 9.83. The number of amides is 3. The molecule has 0 bridgehead atoms. The Morgan fingerprint density at radius 2 is 1.86 bits per heavy atom. The summed E-state index contributed by atoms with van der Waals surface area (Å²) in [5.41, 5.74) is 7.22. The molecule has 2 fully saturated rings. The molecule has 3 N–H and O–H groups in total. The van der Waals surface area contributed by atoms with Crippen molar-refractivity contribution in [2.24, 2.45) is 16.6 Å². The number of rotatable bonds is 11. The summed E-state index contributed by atoms with van der Waals surface area (Å²) in [6.07, 6.45) is 15.9. The molecule has 3 amide bonds. The van der Waals surface area contributed by atoms with Crippen LogP contribution < -0.4 is 11.1 Å². The number of likely N-dealkylation sites (tertiary alicyclic amines) is 1. The highest BCUT2D eigenvalue weighted by atomic mass is 16.2. The summed E-state index contributed by atoms with van der Waals surface area (Å²) in [6.45, 7) is 4.07. The first-order valence-corrected chi connectivity index (χ1v) is 15.8. The number of amidine groups is 1. The number of fused-ring (bicyclic) bond motifs is 1. The molecule has 9 nitrogen and oxygen atoms in total. The smallest absolute Gasteiger partial charge is 0.249 e. The first kappa shape index (κ1) is 30.0. The molecule has 1 aromatic carbocycles. The van der Waals surface area contributed by atoms with Gasteiger partial charge in [0.1, 0.15) is 17.9 Å². The molecule has 42 heavy (non-hydrogen) atoms. The first-order valence-electron chi connectivity index (χ1n) is 15.8. The third kappa shape index (κ3) is 7.12. The van der Waals surface area contributed by atoms with Gasteiger partial charge in [0, 0.05) is 31.9 Å². The summed E-state index contributed by atoms with van der Waals surface area (Å²) in [6, 6.07) is 8.42. The van der Waals surface area contributed by atoms with Crippen LogP contribution in [-0.4, -0.2) is 88.6 Å². The van der Waals surface area contributed by atoms with E-state index in [1.807, 2.05) is 64.3 Å². The number of nitrogens with zero attached hydrogens (tertiary/aromatic N) is 4. The van der Waals surface area contributed by atoms with E-state index in [0.717, 1.165) is 50.8 Å². The van der Waals surface area contributed by atoms with Gasteiger partial charge < -0.3 is 25.8 Å². The standard InChI is InChI=1S/C33H46N6O3/c1-2-27(34)31(40)36-30(25-14-7-4-8-15-25)33(42)39-20-11-16-26(39)22-38(21-18-24-12-5-3-6-13-24)32(41)28-23-37-19-10-9-17-29(37)35-28/h3,5-6,9-10,12-13,17,19,25-28,30H,2,4,7-8,11,14-16,18,20-23,34H2,1H3,(H,36,40). The topological polar surface area (TPSA) is 111 Å². The number of carbonyl (C=O) groups excluding carboxylic acids is 3. The summed E-state index contributed by atoms with van der Waals surface area (Å²) in [7, 11) is 0. The molecule has 5 rings (SSSR count). The fraction of sp³-hybridized carbons (Fsp3) is 0.576. The van der Waals surface area contributed by atoms with Gasteiger partial charge in [-0.1, -0.05) is 62.6 Å². The van der Waals surface area contributed by atoms with Gasteiger partial charge in [-0.15, -0.1) is 0 Å². The Balaban J connectivity index is 1.33. The highest BCUT2D eigenvalue weighted by Gasteiger charge is 2.40. The van der Waals surface area contributed by atoms with Gasteiger partial charge in [0.25, 0.3) is 0 Å². The molecule has 0 spiro atoms. The number of carbonyl (C=O) groups is 3. The van der Waals surface area contributed by atoms with Crippen LogP contribution >= 0.6 is 0 Å². The Hall–Kier alpha value is -3.46. The van der Waals surface area contributed by atoms with Crippen molar-refractivity contribution in [3.63, 3.8) is 0 Å². The van der Waals surface area contributed by atoms with Crippen LogP contribution in [0.25, 0.3) is 0 Å². The summed E-state index contributed by atoms with van der Waals surface area (Å²) in [5, 5.41) is 3.06.